The van der Waals surface area contributed by atoms with Crippen LogP contribution in [0.1, 0.15) is 25.0 Å². The Morgan fingerprint density at radius 3 is 1.40 bits per heavy atom. The first-order valence-electron chi connectivity index (χ1n) is 19.3. The summed E-state index contributed by atoms with van der Waals surface area (Å²) in [6, 6.07) is 79.0. The fraction of sp³-hybridized carbons (Fsp3) is 0.0566. The third-order valence-corrected chi connectivity index (χ3v) is 16.7. The van der Waals surface area contributed by atoms with Gasteiger partial charge in [-0.15, -0.1) is 0 Å². The normalized spacial score (nSPS) is 13.1. The first-order chi connectivity index (χ1) is 27.0. The molecule has 0 unspecified atom stereocenters. The molecule has 0 amide bonds. The average Bonchev–Trinajstić information content (AvgIpc) is 3.48. The van der Waals surface area contributed by atoms with Crippen molar-refractivity contribution >= 4 is 67.4 Å². The smallest absolute Gasteiger partial charge is 0.179 e. The zero-order valence-electron chi connectivity index (χ0n) is 31.2. The molecule has 0 N–H and O–H groups in total. The number of hydrogen-bond acceptors (Lipinski definition) is 1. The van der Waals surface area contributed by atoms with Crippen molar-refractivity contribution in [1.29, 1.82) is 0 Å². The molecule has 0 spiro atoms. The highest BCUT2D eigenvalue weighted by Crippen LogP contribution is 2.57. The van der Waals surface area contributed by atoms with E-state index in [1.54, 1.807) is 0 Å². The Bertz CT molecular complexity index is 2710. The molecule has 0 bridgehead atoms. The third-order valence-electron chi connectivity index (χ3n) is 11.9. The standard InChI is InChI=1S/C53H41NSi/c1-53(2)49-36-39-20-16-15-19-38(39)35-48(49)51-50(37-40-21-17-18-30-47(40)52(51)53)54(41-22-7-3-8-23-41)42-31-33-46(34-32-42)55(43-24-9-4-10-25-43,44-26-11-5-12-27-44)45-28-13-6-14-29-45/h3-37H,1-2H3. The minimum Gasteiger partial charge on any atom is -0.310 e. The molecule has 0 atom stereocenters. The summed E-state index contributed by atoms with van der Waals surface area (Å²) in [5, 5.41) is 10.6. The Morgan fingerprint density at radius 2 is 0.836 bits per heavy atom. The van der Waals surface area contributed by atoms with Crippen LogP contribution in [0, 0.1) is 0 Å². The van der Waals surface area contributed by atoms with Crippen LogP contribution < -0.4 is 25.6 Å². The third kappa shape index (κ3) is 5.21. The van der Waals surface area contributed by atoms with Crippen LogP contribution in [0.25, 0.3) is 32.7 Å². The predicted octanol–water partition coefficient (Wildman–Crippen LogP) is 11.1. The Hall–Kier alpha value is -6.48. The van der Waals surface area contributed by atoms with Gasteiger partial charge in [0.15, 0.2) is 8.07 Å². The van der Waals surface area contributed by atoms with Crippen molar-refractivity contribution in [2.24, 2.45) is 0 Å². The number of hydrogen-bond donors (Lipinski definition) is 0. The number of benzene rings is 9. The fourth-order valence-corrected chi connectivity index (χ4v) is 14.2. The van der Waals surface area contributed by atoms with E-state index in [4.69, 9.17) is 0 Å². The van der Waals surface area contributed by atoms with Gasteiger partial charge in [0.2, 0.25) is 0 Å². The molecular weight excluding hydrogens is 679 g/mol. The molecule has 0 aliphatic heterocycles. The minimum atomic E-state index is -2.68. The number of fused-ring (bicyclic) bond motifs is 6. The molecular formula is C53H41NSi. The highest BCUT2D eigenvalue weighted by atomic mass is 28.3. The highest BCUT2D eigenvalue weighted by Gasteiger charge is 2.42. The van der Waals surface area contributed by atoms with Gasteiger partial charge in [-0.25, -0.2) is 0 Å². The van der Waals surface area contributed by atoms with Gasteiger partial charge in [-0.3, -0.25) is 0 Å². The van der Waals surface area contributed by atoms with Gasteiger partial charge in [0.05, 0.1) is 5.69 Å². The number of para-hydroxylation sites is 1. The van der Waals surface area contributed by atoms with Gasteiger partial charge in [0.1, 0.15) is 0 Å². The van der Waals surface area contributed by atoms with E-state index in [1.807, 2.05) is 0 Å². The van der Waals surface area contributed by atoms with Gasteiger partial charge >= 0.3 is 0 Å². The lowest BCUT2D eigenvalue weighted by Crippen LogP contribution is -2.74. The monoisotopic (exact) mass is 719 g/mol. The molecule has 0 aromatic heterocycles. The van der Waals surface area contributed by atoms with E-state index in [2.05, 4.69) is 231 Å². The zero-order valence-corrected chi connectivity index (χ0v) is 32.2. The van der Waals surface area contributed by atoms with Gasteiger partial charge in [0, 0.05) is 22.4 Å². The largest absolute Gasteiger partial charge is 0.310 e. The molecule has 9 aromatic carbocycles. The molecule has 0 fully saturated rings. The molecule has 1 nitrogen and oxygen atoms in total. The molecule has 2 heteroatoms. The van der Waals surface area contributed by atoms with E-state index < -0.39 is 8.07 Å². The zero-order chi connectivity index (χ0) is 37.0. The lowest BCUT2D eigenvalue weighted by atomic mass is 9.79. The maximum absolute atomic E-state index is 2.68. The van der Waals surface area contributed by atoms with Crippen molar-refractivity contribution < 1.29 is 0 Å². The van der Waals surface area contributed by atoms with E-state index in [1.165, 1.54) is 70.2 Å². The van der Waals surface area contributed by atoms with E-state index >= 15 is 0 Å². The van der Waals surface area contributed by atoms with Gasteiger partial charge in [0.25, 0.3) is 0 Å². The van der Waals surface area contributed by atoms with Crippen molar-refractivity contribution in [1.82, 2.24) is 0 Å². The fourth-order valence-electron chi connectivity index (χ4n) is 9.46. The molecule has 1 aliphatic rings. The predicted molar refractivity (Wildman–Crippen MR) is 237 cm³/mol. The molecule has 1 aliphatic carbocycles. The quantitative estimate of drug-likeness (QED) is 0.117. The van der Waals surface area contributed by atoms with Crippen molar-refractivity contribution in [2.75, 3.05) is 4.90 Å². The van der Waals surface area contributed by atoms with Crippen molar-refractivity contribution in [3.63, 3.8) is 0 Å². The first-order valence-corrected chi connectivity index (χ1v) is 21.3. The van der Waals surface area contributed by atoms with Crippen LogP contribution in [0.2, 0.25) is 0 Å². The molecule has 0 heterocycles. The molecule has 0 radical (unpaired) electrons. The van der Waals surface area contributed by atoms with Crippen LogP contribution in [-0.4, -0.2) is 8.07 Å². The van der Waals surface area contributed by atoms with Crippen LogP contribution in [0.3, 0.4) is 0 Å². The van der Waals surface area contributed by atoms with Crippen LogP contribution in [-0.2, 0) is 5.41 Å². The maximum atomic E-state index is 2.49. The van der Waals surface area contributed by atoms with E-state index in [0.717, 1.165) is 11.4 Å². The van der Waals surface area contributed by atoms with Gasteiger partial charge in [-0.1, -0.05) is 184 Å². The first kappa shape index (κ1) is 33.1. The number of rotatable bonds is 7. The lowest BCUT2D eigenvalue weighted by molar-refractivity contribution is 0.667. The molecule has 0 saturated carbocycles. The second-order valence-corrected chi connectivity index (χ2v) is 19.1. The van der Waals surface area contributed by atoms with Crippen LogP contribution in [0.15, 0.2) is 212 Å². The van der Waals surface area contributed by atoms with Crippen LogP contribution in [0.4, 0.5) is 17.1 Å². The number of anilines is 3. The summed E-state index contributed by atoms with van der Waals surface area (Å²) in [5.41, 5.74) is 8.70. The second kappa shape index (κ2) is 13.1. The Labute approximate surface area is 324 Å². The molecule has 9 aromatic rings. The van der Waals surface area contributed by atoms with Crippen molar-refractivity contribution in [3.05, 3.63) is 223 Å². The Kier molecular flexibility index (Phi) is 7.90. The van der Waals surface area contributed by atoms with Gasteiger partial charge in [-0.05, 0) is 101 Å². The summed E-state index contributed by atoms with van der Waals surface area (Å²) in [5.74, 6) is 0. The van der Waals surface area contributed by atoms with Crippen LogP contribution >= 0.6 is 0 Å². The maximum Gasteiger partial charge on any atom is 0.179 e. The Morgan fingerprint density at radius 1 is 0.400 bits per heavy atom. The lowest BCUT2D eigenvalue weighted by Gasteiger charge is -2.35. The molecule has 55 heavy (non-hydrogen) atoms. The molecule has 10 rings (SSSR count). The van der Waals surface area contributed by atoms with Crippen molar-refractivity contribution in [2.45, 2.75) is 19.3 Å². The summed E-state index contributed by atoms with van der Waals surface area (Å²) in [4.78, 5) is 2.49. The molecule has 262 valence electrons. The topological polar surface area (TPSA) is 3.24 Å². The summed E-state index contributed by atoms with van der Waals surface area (Å²) in [6.07, 6.45) is 0. The van der Waals surface area contributed by atoms with E-state index in [9.17, 15) is 0 Å². The van der Waals surface area contributed by atoms with Gasteiger partial charge < -0.3 is 4.90 Å². The second-order valence-electron chi connectivity index (χ2n) is 15.3. The van der Waals surface area contributed by atoms with Crippen LogP contribution in [0.5, 0.6) is 0 Å². The average molecular weight is 720 g/mol. The highest BCUT2D eigenvalue weighted by molar-refractivity contribution is 7.19. The Balaban J connectivity index is 1.24. The van der Waals surface area contributed by atoms with Crippen molar-refractivity contribution in [3.8, 4) is 11.1 Å². The summed E-state index contributed by atoms with van der Waals surface area (Å²) in [6.45, 7) is 4.82. The summed E-state index contributed by atoms with van der Waals surface area (Å²) in [7, 11) is -2.68. The number of nitrogens with zero attached hydrogens (tertiary/aromatic N) is 1. The summed E-state index contributed by atoms with van der Waals surface area (Å²) < 4.78 is 0. The summed E-state index contributed by atoms with van der Waals surface area (Å²) >= 11 is 0. The van der Waals surface area contributed by atoms with E-state index in [0.29, 0.717) is 0 Å². The van der Waals surface area contributed by atoms with Gasteiger partial charge in [-0.2, -0.15) is 0 Å². The minimum absolute atomic E-state index is 0.192. The SMILES string of the molecule is CC1(C)c2cc3ccccc3cc2-c2c(N(c3ccccc3)c3ccc([Si](c4ccccc4)(c4ccccc4)c4ccccc4)cc3)cc3ccccc3c21. The molecule has 0 saturated heterocycles. The van der Waals surface area contributed by atoms with E-state index in [-0.39, 0.29) is 5.41 Å².